The molecule has 0 spiro atoms. The van der Waals surface area contributed by atoms with E-state index in [1.165, 1.54) is 7.11 Å². The van der Waals surface area contributed by atoms with Crippen molar-refractivity contribution in [2.75, 3.05) is 7.11 Å². The lowest BCUT2D eigenvalue weighted by Gasteiger charge is -2.37. The highest BCUT2D eigenvalue weighted by Crippen LogP contribution is 2.37. The number of hydrogen-bond acceptors (Lipinski definition) is 3. The molecule has 4 aromatic carbocycles. The molecule has 4 rings (SSSR count). The van der Waals surface area contributed by atoms with E-state index in [0.29, 0.717) is 17.7 Å². The van der Waals surface area contributed by atoms with Gasteiger partial charge in [-0.3, -0.25) is 9.69 Å². The second-order valence-corrected chi connectivity index (χ2v) is 8.81. The summed E-state index contributed by atoms with van der Waals surface area (Å²) < 4.78 is 20.2. The molecule has 36 heavy (non-hydrogen) atoms. The van der Waals surface area contributed by atoms with Crippen LogP contribution in [0.2, 0.25) is 0 Å². The minimum Gasteiger partial charge on any atom is -0.494 e. The molecule has 4 nitrogen and oxygen atoms in total. The second-order valence-electron chi connectivity index (χ2n) is 8.81. The molecule has 0 radical (unpaired) electrons. The zero-order chi connectivity index (χ0) is 25.5. The van der Waals surface area contributed by atoms with Crippen LogP contribution in [0.25, 0.3) is 11.1 Å². The number of carbonyl (C=O) groups is 1. The van der Waals surface area contributed by atoms with E-state index in [-0.39, 0.29) is 18.2 Å². The Morgan fingerprint density at radius 3 is 2.19 bits per heavy atom. The minimum atomic E-state index is -0.892. The van der Waals surface area contributed by atoms with Gasteiger partial charge in [-0.2, -0.15) is 0 Å². The van der Waals surface area contributed by atoms with Crippen molar-refractivity contribution in [3.8, 4) is 16.9 Å². The summed E-state index contributed by atoms with van der Waals surface area (Å²) in [5.74, 6) is -1.16. The van der Waals surface area contributed by atoms with Crippen LogP contribution < -0.4 is 4.74 Å². The summed E-state index contributed by atoms with van der Waals surface area (Å²) in [7, 11) is 1.44. The van der Waals surface area contributed by atoms with Crippen molar-refractivity contribution < 1.29 is 19.0 Å². The summed E-state index contributed by atoms with van der Waals surface area (Å²) in [6.07, 6.45) is -0.0892. The van der Waals surface area contributed by atoms with Gasteiger partial charge in [0.25, 0.3) is 0 Å². The quantitative estimate of drug-likeness (QED) is 0.257. The molecule has 5 heteroatoms. The van der Waals surface area contributed by atoms with Crippen molar-refractivity contribution in [3.05, 3.63) is 126 Å². The number of methoxy groups -OCH3 is 1. The van der Waals surface area contributed by atoms with Crippen LogP contribution in [0.1, 0.15) is 42.1 Å². The van der Waals surface area contributed by atoms with E-state index >= 15 is 4.39 Å². The molecule has 0 bridgehead atoms. The van der Waals surface area contributed by atoms with Crippen molar-refractivity contribution in [1.82, 2.24) is 4.90 Å². The van der Waals surface area contributed by atoms with Crippen LogP contribution in [0.3, 0.4) is 0 Å². The lowest BCUT2D eigenvalue weighted by atomic mass is 9.94. The number of aliphatic carboxylic acids is 1. The molecule has 0 saturated carbocycles. The first-order chi connectivity index (χ1) is 17.5. The van der Waals surface area contributed by atoms with Crippen LogP contribution >= 0.6 is 0 Å². The van der Waals surface area contributed by atoms with Crippen LogP contribution in [0, 0.1) is 5.82 Å². The summed E-state index contributed by atoms with van der Waals surface area (Å²) in [5, 5.41) is 9.91. The Bertz CT molecular complexity index is 1290. The molecular weight excluding hydrogens is 453 g/mol. The molecule has 0 aliphatic carbocycles. The van der Waals surface area contributed by atoms with Gasteiger partial charge in [0.2, 0.25) is 0 Å². The third-order valence-corrected chi connectivity index (χ3v) is 6.52. The Labute approximate surface area is 211 Å². The summed E-state index contributed by atoms with van der Waals surface area (Å²) in [6.45, 7) is 2.66. The molecule has 0 saturated heterocycles. The zero-order valence-electron chi connectivity index (χ0n) is 20.5. The number of ether oxygens (including phenoxy) is 1. The maximum atomic E-state index is 15.1. The first-order valence-electron chi connectivity index (χ1n) is 12.0. The Morgan fingerprint density at radius 1 is 0.889 bits per heavy atom. The normalized spacial score (nSPS) is 12.8. The van der Waals surface area contributed by atoms with Crippen LogP contribution in [-0.4, -0.2) is 23.1 Å². The summed E-state index contributed by atoms with van der Waals surface area (Å²) in [5.41, 5.74) is 4.09. The largest absolute Gasteiger partial charge is 0.494 e. The zero-order valence-corrected chi connectivity index (χ0v) is 20.5. The number of rotatable bonds is 10. The fraction of sp³-hybridized carbons (Fsp3) is 0.194. The number of halogens is 1. The molecule has 2 atom stereocenters. The average Bonchev–Trinajstić information content (AvgIpc) is 2.91. The van der Waals surface area contributed by atoms with E-state index in [4.69, 9.17) is 4.74 Å². The van der Waals surface area contributed by atoms with Crippen molar-refractivity contribution in [1.29, 1.82) is 0 Å². The molecular formula is C31H30FNO3. The predicted octanol–water partition coefficient (Wildman–Crippen LogP) is 7.28. The SMILES string of the molecule is COc1cccc(-c2cccc([C@H](CC(=O)O)N(Cc3ccccc3)[C@H](C)c3ccccc3)c2)c1F. The Hall–Kier alpha value is -3.96. The molecule has 0 aliphatic rings. The summed E-state index contributed by atoms with van der Waals surface area (Å²) >= 11 is 0. The lowest BCUT2D eigenvalue weighted by molar-refractivity contribution is -0.138. The molecule has 0 unspecified atom stereocenters. The van der Waals surface area contributed by atoms with Gasteiger partial charge < -0.3 is 9.84 Å². The van der Waals surface area contributed by atoms with E-state index in [0.717, 1.165) is 16.7 Å². The molecule has 0 heterocycles. The molecule has 0 aliphatic heterocycles. The number of carboxylic acid groups (broad SMARTS) is 1. The highest BCUT2D eigenvalue weighted by Gasteiger charge is 2.29. The Balaban J connectivity index is 1.80. The molecule has 0 aromatic heterocycles. The highest BCUT2D eigenvalue weighted by atomic mass is 19.1. The van der Waals surface area contributed by atoms with Crippen molar-refractivity contribution >= 4 is 5.97 Å². The molecule has 1 N–H and O–H groups in total. The lowest BCUT2D eigenvalue weighted by Crippen LogP contribution is -2.32. The summed E-state index contributed by atoms with van der Waals surface area (Å²) in [6, 6.07) is 32.1. The number of carboxylic acids is 1. The van der Waals surface area contributed by atoms with Crippen LogP contribution in [-0.2, 0) is 11.3 Å². The van der Waals surface area contributed by atoms with Gasteiger partial charge in [0.15, 0.2) is 11.6 Å². The van der Waals surface area contributed by atoms with E-state index in [1.807, 2.05) is 72.8 Å². The van der Waals surface area contributed by atoms with E-state index in [2.05, 4.69) is 24.0 Å². The van der Waals surface area contributed by atoms with Crippen molar-refractivity contribution in [2.24, 2.45) is 0 Å². The van der Waals surface area contributed by atoms with Gasteiger partial charge in [0.1, 0.15) is 0 Å². The van der Waals surface area contributed by atoms with Crippen molar-refractivity contribution in [2.45, 2.75) is 32.0 Å². The maximum Gasteiger partial charge on any atom is 0.305 e. The highest BCUT2D eigenvalue weighted by molar-refractivity contribution is 5.69. The standard InChI is InChI=1S/C31H30FNO3/c1-22(24-13-7-4-8-14-24)33(21-23-11-5-3-6-12-23)28(20-30(34)35)26-16-9-15-25(19-26)27-17-10-18-29(36-2)31(27)32/h3-19,22,28H,20-21H2,1-2H3,(H,34,35)/t22-,28+/m1/s1. The third kappa shape index (κ3) is 5.81. The first kappa shape index (κ1) is 25.1. The number of hydrogen-bond donors (Lipinski definition) is 1. The Kier molecular flexibility index (Phi) is 8.13. The van der Waals surface area contributed by atoms with Gasteiger partial charge in [-0.1, -0.05) is 91.0 Å². The predicted molar refractivity (Wildman–Crippen MR) is 140 cm³/mol. The maximum absolute atomic E-state index is 15.1. The van der Waals surface area contributed by atoms with E-state index in [9.17, 15) is 9.90 Å². The van der Waals surface area contributed by atoms with Gasteiger partial charge in [0.05, 0.1) is 13.5 Å². The Morgan fingerprint density at radius 2 is 1.53 bits per heavy atom. The van der Waals surface area contributed by atoms with Crippen molar-refractivity contribution in [3.63, 3.8) is 0 Å². The van der Waals surface area contributed by atoms with Crippen LogP contribution in [0.15, 0.2) is 103 Å². The second kappa shape index (κ2) is 11.6. The molecule has 184 valence electrons. The van der Waals surface area contributed by atoms with Gasteiger partial charge in [-0.15, -0.1) is 0 Å². The minimum absolute atomic E-state index is 0.0621. The van der Waals surface area contributed by atoms with Crippen LogP contribution in [0.5, 0.6) is 5.75 Å². The summed E-state index contributed by atoms with van der Waals surface area (Å²) in [4.78, 5) is 14.3. The average molecular weight is 484 g/mol. The van der Waals surface area contributed by atoms with E-state index < -0.39 is 17.8 Å². The fourth-order valence-corrected chi connectivity index (χ4v) is 4.63. The number of benzene rings is 4. The monoisotopic (exact) mass is 483 g/mol. The molecule has 0 amide bonds. The first-order valence-corrected chi connectivity index (χ1v) is 12.0. The number of nitrogens with zero attached hydrogens (tertiary/aromatic N) is 1. The molecule has 0 fully saturated rings. The van der Waals surface area contributed by atoms with E-state index in [1.54, 1.807) is 18.2 Å². The van der Waals surface area contributed by atoms with Gasteiger partial charge in [-0.05, 0) is 41.3 Å². The van der Waals surface area contributed by atoms with Gasteiger partial charge in [-0.25, -0.2) is 4.39 Å². The fourth-order valence-electron chi connectivity index (χ4n) is 4.63. The van der Waals surface area contributed by atoms with Gasteiger partial charge in [0, 0.05) is 24.2 Å². The van der Waals surface area contributed by atoms with Gasteiger partial charge >= 0.3 is 5.97 Å². The topological polar surface area (TPSA) is 49.8 Å². The molecule has 4 aromatic rings. The smallest absolute Gasteiger partial charge is 0.305 e. The third-order valence-electron chi connectivity index (χ3n) is 6.52. The van der Waals surface area contributed by atoms with Crippen LogP contribution in [0.4, 0.5) is 4.39 Å².